The quantitative estimate of drug-likeness (QED) is 0.619. The zero-order valence-electron chi connectivity index (χ0n) is 13.4. The first kappa shape index (κ1) is 17.4. The number of ether oxygens (including phenoxy) is 1. The average molecular weight is 376 g/mol. The molecule has 0 atom stereocenters. The molecule has 3 rings (SSSR count). The number of halogens is 2. The Labute approximate surface area is 155 Å². The van der Waals surface area contributed by atoms with Gasteiger partial charge in [-0.15, -0.1) is 0 Å². The molecular formula is C19H15Cl2NO3. The Bertz CT molecular complexity index is 888. The SMILES string of the molecule is Cc1ccc(OCc2ccc(C(=O)Nc3cc(Cl)ccc3Cl)o2)cc1. The molecule has 0 spiro atoms. The van der Waals surface area contributed by atoms with E-state index in [0.717, 1.165) is 11.3 Å². The molecule has 0 fully saturated rings. The number of benzene rings is 2. The molecule has 2 aromatic carbocycles. The second kappa shape index (κ2) is 7.64. The van der Waals surface area contributed by atoms with E-state index in [-0.39, 0.29) is 12.4 Å². The van der Waals surface area contributed by atoms with Gasteiger partial charge in [0.2, 0.25) is 0 Å². The van der Waals surface area contributed by atoms with Gasteiger partial charge in [-0.3, -0.25) is 4.79 Å². The van der Waals surface area contributed by atoms with E-state index in [4.69, 9.17) is 32.4 Å². The van der Waals surface area contributed by atoms with Gasteiger partial charge in [-0.1, -0.05) is 40.9 Å². The van der Waals surface area contributed by atoms with E-state index >= 15 is 0 Å². The summed E-state index contributed by atoms with van der Waals surface area (Å²) in [6.45, 7) is 2.24. The number of rotatable bonds is 5. The first-order chi connectivity index (χ1) is 12.0. The molecule has 6 heteroatoms. The van der Waals surface area contributed by atoms with E-state index < -0.39 is 5.91 Å². The lowest BCUT2D eigenvalue weighted by Crippen LogP contribution is -2.11. The molecule has 1 N–H and O–H groups in total. The van der Waals surface area contributed by atoms with Crippen molar-refractivity contribution in [3.05, 3.63) is 81.7 Å². The van der Waals surface area contributed by atoms with Crippen LogP contribution in [0.2, 0.25) is 10.0 Å². The van der Waals surface area contributed by atoms with Gasteiger partial charge in [-0.2, -0.15) is 0 Å². The fourth-order valence-electron chi connectivity index (χ4n) is 2.14. The molecule has 0 aliphatic carbocycles. The van der Waals surface area contributed by atoms with Crippen LogP contribution in [-0.2, 0) is 6.61 Å². The second-order valence-electron chi connectivity index (χ2n) is 5.45. The molecule has 1 aromatic heterocycles. The monoisotopic (exact) mass is 375 g/mol. The van der Waals surface area contributed by atoms with Crippen LogP contribution in [0.3, 0.4) is 0 Å². The molecule has 3 aromatic rings. The average Bonchev–Trinajstić information content (AvgIpc) is 3.07. The maximum atomic E-state index is 12.3. The van der Waals surface area contributed by atoms with Gasteiger partial charge in [0.25, 0.3) is 5.91 Å². The Kier molecular flexibility index (Phi) is 5.31. The summed E-state index contributed by atoms with van der Waals surface area (Å²) in [5.74, 6) is 1.03. The fraction of sp³-hybridized carbons (Fsp3) is 0.105. The minimum Gasteiger partial charge on any atom is -0.486 e. The summed E-state index contributed by atoms with van der Waals surface area (Å²) in [5, 5.41) is 3.54. The molecule has 4 nitrogen and oxygen atoms in total. The van der Waals surface area contributed by atoms with Crippen molar-refractivity contribution < 1.29 is 13.9 Å². The van der Waals surface area contributed by atoms with Gasteiger partial charge >= 0.3 is 0 Å². The maximum absolute atomic E-state index is 12.3. The first-order valence-electron chi connectivity index (χ1n) is 7.56. The largest absolute Gasteiger partial charge is 0.486 e. The number of amides is 1. The molecule has 0 aliphatic heterocycles. The highest BCUT2D eigenvalue weighted by Gasteiger charge is 2.13. The van der Waals surface area contributed by atoms with Crippen molar-refractivity contribution in [1.29, 1.82) is 0 Å². The van der Waals surface area contributed by atoms with E-state index in [1.807, 2.05) is 31.2 Å². The molecule has 128 valence electrons. The predicted molar refractivity (Wildman–Crippen MR) is 98.6 cm³/mol. The number of hydrogen-bond acceptors (Lipinski definition) is 3. The summed E-state index contributed by atoms with van der Waals surface area (Å²) in [6, 6.07) is 15.8. The zero-order chi connectivity index (χ0) is 17.8. The van der Waals surface area contributed by atoms with E-state index in [1.54, 1.807) is 30.3 Å². The van der Waals surface area contributed by atoms with Crippen LogP contribution in [0.5, 0.6) is 5.75 Å². The Morgan fingerprint density at radius 1 is 1.08 bits per heavy atom. The number of aryl methyl sites for hydroxylation is 1. The second-order valence-corrected chi connectivity index (χ2v) is 6.29. The summed E-state index contributed by atoms with van der Waals surface area (Å²) in [4.78, 5) is 12.3. The van der Waals surface area contributed by atoms with Crippen LogP contribution < -0.4 is 10.1 Å². The Hall–Kier alpha value is -2.43. The third-order valence-electron chi connectivity index (χ3n) is 3.46. The maximum Gasteiger partial charge on any atom is 0.291 e. The summed E-state index contributed by atoms with van der Waals surface area (Å²) >= 11 is 11.9. The van der Waals surface area contributed by atoms with Crippen molar-refractivity contribution in [3.63, 3.8) is 0 Å². The van der Waals surface area contributed by atoms with Crippen LogP contribution in [0, 0.1) is 6.92 Å². The Morgan fingerprint density at radius 3 is 2.60 bits per heavy atom. The molecule has 0 radical (unpaired) electrons. The highest BCUT2D eigenvalue weighted by molar-refractivity contribution is 6.35. The number of hydrogen-bond donors (Lipinski definition) is 1. The number of carbonyl (C=O) groups excluding carboxylic acids is 1. The van der Waals surface area contributed by atoms with Gasteiger partial charge in [0.1, 0.15) is 18.1 Å². The summed E-state index contributed by atoms with van der Waals surface area (Å²) in [6.07, 6.45) is 0. The smallest absolute Gasteiger partial charge is 0.291 e. The van der Waals surface area contributed by atoms with E-state index in [9.17, 15) is 4.79 Å². The molecule has 0 unspecified atom stereocenters. The van der Waals surface area contributed by atoms with Crippen LogP contribution >= 0.6 is 23.2 Å². The summed E-state index contributed by atoms with van der Waals surface area (Å²) in [5.41, 5.74) is 1.58. The van der Waals surface area contributed by atoms with Crippen LogP contribution in [0.4, 0.5) is 5.69 Å². The molecule has 0 bridgehead atoms. The summed E-state index contributed by atoms with van der Waals surface area (Å²) < 4.78 is 11.1. The van der Waals surface area contributed by atoms with E-state index in [0.29, 0.717) is 21.5 Å². The number of furan rings is 1. The highest BCUT2D eigenvalue weighted by Crippen LogP contribution is 2.26. The Balaban J connectivity index is 1.63. The fourth-order valence-corrected chi connectivity index (χ4v) is 2.48. The van der Waals surface area contributed by atoms with Crippen molar-refractivity contribution in [2.75, 3.05) is 5.32 Å². The van der Waals surface area contributed by atoms with Gasteiger partial charge in [0.15, 0.2) is 5.76 Å². The van der Waals surface area contributed by atoms with E-state index in [2.05, 4.69) is 5.32 Å². The highest BCUT2D eigenvalue weighted by atomic mass is 35.5. The van der Waals surface area contributed by atoms with Gasteiger partial charge in [0.05, 0.1) is 10.7 Å². The molecule has 0 saturated heterocycles. The molecule has 1 amide bonds. The van der Waals surface area contributed by atoms with Gasteiger partial charge in [-0.25, -0.2) is 0 Å². The molecule has 1 heterocycles. The molecule has 25 heavy (non-hydrogen) atoms. The third-order valence-corrected chi connectivity index (χ3v) is 4.03. The van der Waals surface area contributed by atoms with Crippen molar-refractivity contribution in [2.24, 2.45) is 0 Å². The predicted octanol–water partition coefficient (Wildman–Crippen LogP) is 5.73. The Morgan fingerprint density at radius 2 is 1.84 bits per heavy atom. The number of nitrogens with one attached hydrogen (secondary N) is 1. The van der Waals surface area contributed by atoms with Crippen LogP contribution in [0.15, 0.2) is 59.0 Å². The zero-order valence-corrected chi connectivity index (χ0v) is 14.9. The molecule has 0 aliphatic rings. The van der Waals surface area contributed by atoms with Crippen LogP contribution in [0.1, 0.15) is 21.9 Å². The molecule has 0 saturated carbocycles. The number of anilines is 1. The molecular weight excluding hydrogens is 361 g/mol. The van der Waals surface area contributed by atoms with Gasteiger partial charge in [0, 0.05) is 5.02 Å². The standard InChI is InChI=1S/C19H15Cl2NO3/c1-12-2-5-14(6-3-12)24-11-15-7-9-18(25-15)19(23)22-17-10-13(20)4-8-16(17)21/h2-10H,11H2,1H3,(H,22,23). The van der Waals surface area contributed by atoms with Crippen molar-refractivity contribution in [2.45, 2.75) is 13.5 Å². The minimum absolute atomic E-state index is 0.165. The van der Waals surface area contributed by atoms with Crippen molar-refractivity contribution in [1.82, 2.24) is 0 Å². The lowest BCUT2D eigenvalue weighted by molar-refractivity contribution is 0.0992. The van der Waals surface area contributed by atoms with Crippen molar-refractivity contribution >= 4 is 34.8 Å². The van der Waals surface area contributed by atoms with E-state index in [1.165, 1.54) is 0 Å². The minimum atomic E-state index is -0.411. The summed E-state index contributed by atoms with van der Waals surface area (Å²) in [7, 11) is 0. The van der Waals surface area contributed by atoms with Gasteiger partial charge < -0.3 is 14.5 Å². The van der Waals surface area contributed by atoms with Crippen LogP contribution in [-0.4, -0.2) is 5.91 Å². The topological polar surface area (TPSA) is 51.5 Å². The lowest BCUT2D eigenvalue weighted by Gasteiger charge is -2.06. The lowest BCUT2D eigenvalue weighted by atomic mass is 10.2. The van der Waals surface area contributed by atoms with Gasteiger partial charge in [-0.05, 0) is 49.4 Å². The van der Waals surface area contributed by atoms with Crippen LogP contribution in [0.25, 0.3) is 0 Å². The first-order valence-corrected chi connectivity index (χ1v) is 8.31. The normalized spacial score (nSPS) is 10.5. The van der Waals surface area contributed by atoms with Crippen molar-refractivity contribution in [3.8, 4) is 5.75 Å². The third kappa shape index (κ3) is 4.56. The number of carbonyl (C=O) groups is 1.